The molecule has 1 fully saturated rings. The molecule has 0 aromatic heterocycles. The van der Waals surface area contributed by atoms with E-state index in [1.807, 2.05) is 7.05 Å². The van der Waals surface area contributed by atoms with Crippen molar-refractivity contribution in [2.24, 2.45) is 0 Å². The van der Waals surface area contributed by atoms with Crippen LogP contribution in [0.2, 0.25) is 0 Å². The summed E-state index contributed by atoms with van der Waals surface area (Å²) in [5.41, 5.74) is 0.335. The molecule has 0 spiro atoms. The van der Waals surface area contributed by atoms with Gasteiger partial charge in [-0.1, -0.05) is 0 Å². The van der Waals surface area contributed by atoms with E-state index in [9.17, 15) is 0 Å². The molecule has 1 saturated heterocycles. The van der Waals surface area contributed by atoms with Crippen molar-refractivity contribution >= 4 is 0 Å². The van der Waals surface area contributed by atoms with Crippen LogP contribution in [0.5, 0.6) is 0 Å². The van der Waals surface area contributed by atoms with Crippen LogP contribution < -0.4 is 10.6 Å². The van der Waals surface area contributed by atoms with E-state index in [1.165, 1.54) is 6.42 Å². The largest absolute Gasteiger partial charge is 0.381 e. The van der Waals surface area contributed by atoms with Gasteiger partial charge in [-0.2, -0.15) is 0 Å². The molecular weight excluding hydrogens is 152 g/mol. The highest BCUT2D eigenvalue weighted by molar-refractivity contribution is 4.89. The van der Waals surface area contributed by atoms with Gasteiger partial charge in [-0.3, -0.25) is 0 Å². The maximum Gasteiger partial charge on any atom is 0.0483 e. The number of hydrogen-bond acceptors (Lipinski definition) is 3. The summed E-state index contributed by atoms with van der Waals surface area (Å²) in [5, 5.41) is 6.63. The second kappa shape index (κ2) is 4.80. The van der Waals surface area contributed by atoms with Gasteiger partial charge in [0, 0.05) is 18.8 Å². The Morgan fingerprint density at radius 1 is 1.25 bits per heavy atom. The van der Waals surface area contributed by atoms with Crippen molar-refractivity contribution < 1.29 is 4.74 Å². The fourth-order valence-electron chi connectivity index (χ4n) is 1.75. The molecule has 0 aromatic rings. The van der Waals surface area contributed by atoms with E-state index in [0.29, 0.717) is 5.54 Å². The van der Waals surface area contributed by atoms with Crippen molar-refractivity contribution in [1.29, 1.82) is 0 Å². The third-order valence-corrected chi connectivity index (χ3v) is 2.83. The molecule has 3 heteroatoms. The smallest absolute Gasteiger partial charge is 0.0483 e. The van der Waals surface area contributed by atoms with Crippen LogP contribution in [0, 0.1) is 0 Å². The fourth-order valence-corrected chi connectivity index (χ4v) is 1.75. The van der Waals surface area contributed by atoms with Gasteiger partial charge in [0.1, 0.15) is 0 Å². The van der Waals surface area contributed by atoms with Crippen LogP contribution in [0.1, 0.15) is 19.3 Å². The first-order chi connectivity index (χ1) is 5.83. The Bertz CT molecular complexity index is 122. The molecule has 0 bridgehead atoms. The highest BCUT2D eigenvalue weighted by Crippen LogP contribution is 2.23. The molecule has 0 aromatic carbocycles. The van der Waals surface area contributed by atoms with Crippen LogP contribution in [0.25, 0.3) is 0 Å². The Kier molecular flexibility index (Phi) is 3.98. The average molecular weight is 172 g/mol. The minimum absolute atomic E-state index is 0.335. The molecular formula is C9H20N2O. The lowest BCUT2D eigenvalue weighted by atomic mass is 9.87. The summed E-state index contributed by atoms with van der Waals surface area (Å²) in [5.74, 6) is 0. The van der Waals surface area contributed by atoms with E-state index >= 15 is 0 Å². The van der Waals surface area contributed by atoms with Crippen LogP contribution in [0.4, 0.5) is 0 Å². The molecule has 72 valence electrons. The van der Waals surface area contributed by atoms with E-state index in [0.717, 1.165) is 32.6 Å². The summed E-state index contributed by atoms with van der Waals surface area (Å²) in [6.07, 6.45) is 3.49. The van der Waals surface area contributed by atoms with Gasteiger partial charge in [0.25, 0.3) is 0 Å². The summed E-state index contributed by atoms with van der Waals surface area (Å²) in [7, 11) is 4.06. The van der Waals surface area contributed by atoms with Crippen molar-refractivity contribution in [3.05, 3.63) is 0 Å². The number of rotatable bonds is 4. The summed E-state index contributed by atoms with van der Waals surface area (Å²) < 4.78 is 5.35. The first-order valence-corrected chi connectivity index (χ1v) is 4.74. The average Bonchev–Trinajstić information content (AvgIpc) is 2.16. The Labute approximate surface area is 74.9 Å². The molecule has 2 N–H and O–H groups in total. The highest BCUT2D eigenvalue weighted by atomic mass is 16.5. The molecule has 0 radical (unpaired) electrons. The van der Waals surface area contributed by atoms with Crippen molar-refractivity contribution in [1.82, 2.24) is 10.6 Å². The summed E-state index contributed by atoms with van der Waals surface area (Å²) in [4.78, 5) is 0. The molecule has 0 atom stereocenters. The van der Waals surface area contributed by atoms with E-state index in [2.05, 4.69) is 17.7 Å². The number of hydrogen-bond donors (Lipinski definition) is 2. The monoisotopic (exact) mass is 172 g/mol. The Balaban J connectivity index is 2.37. The molecule has 3 nitrogen and oxygen atoms in total. The van der Waals surface area contributed by atoms with Gasteiger partial charge in [-0.15, -0.1) is 0 Å². The molecule has 0 amide bonds. The molecule has 0 unspecified atom stereocenters. The van der Waals surface area contributed by atoms with Crippen molar-refractivity contribution in [2.45, 2.75) is 24.8 Å². The van der Waals surface area contributed by atoms with Gasteiger partial charge in [0.2, 0.25) is 0 Å². The number of nitrogens with one attached hydrogen (secondary N) is 2. The lowest BCUT2D eigenvalue weighted by Crippen LogP contribution is -2.49. The van der Waals surface area contributed by atoms with Crippen LogP contribution in [-0.4, -0.2) is 39.4 Å². The zero-order valence-electron chi connectivity index (χ0n) is 8.15. The highest BCUT2D eigenvalue weighted by Gasteiger charge is 2.29. The zero-order chi connectivity index (χ0) is 8.86. The first-order valence-electron chi connectivity index (χ1n) is 4.74. The maximum absolute atomic E-state index is 5.35. The Morgan fingerprint density at radius 3 is 2.42 bits per heavy atom. The molecule has 1 aliphatic heterocycles. The Morgan fingerprint density at radius 2 is 1.92 bits per heavy atom. The van der Waals surface area contributed by atoms with Crippen LogP contribution in [-0.2, 0) is 4.74 Å². The quantitative estimate of drug-likeness (QED) is 0.642. The summed E-state index contributed by atoms with van der Waals surface area (Å²) in [6, 6.07) is 0. The fraction of sp³-hybridized carbons (Fsp3) is 1.00. The van der Waals surface area contributed by atoms with Gasteiger partial charge in [-0.25, -0.2) is 0 Å². The molecule has 0 saturated carbocycles. The minimum atomic E-state index is 0.335. The zero-order valence-corrected chi connectivity index (χ0v) is 8.15. The lowest BCUT2D eigenvalue weighted by Gasteiger charge is -2.37. The van der Waals surface area contributed by atoms with Crippen LogP contribution in [0.15, 0.2) is 0 Å². The van der Waals surface area contributed by atoms with E-state index < -0.39 is 0 Å². The van der Waals surface area contributed by atoms with Crippen molar-refractivity contribution in [3.8, 4) is 0 Å². The first kappa shape index (κ1) is 9.96. The third-order valence-electron chi connectivity index (χ3n) is 2.83. The van der Waals surface area contributed by atoms with Gasteiger partial charge < -0.3 is 15.4 Å². The van der Waals surface area contributed by atoms with Crippen LogP contribution >= 0.6 is 0 Å². The van der Waals surface area contributed by atoms with Gasteiger partial charge in [-0.05, 0) is 39.9 Å². The van der Waals surface area contributed by atoms with Gasteiger partial charge in [0.15, 0.2) is 0 Å². The maximum atomic E-state index is 5.35. The van der Waals surface area contributed by atoms with Crippen molar-refractivity contribution in [3.63, 3.8) is 0 Å². The number of ether oxygens (including phenoxy) is 1. The van der Waals surface area contributed by atoms with Gasteiger partial charge >= 0.3 is 0 Å². The normalized spacial score (nSPS) is 22.5. The van der Waals surface area contributed by atoms with E-state index in [-0.39, 0.29) is 0 Å². The van der Waals surface area contributed by atoms with E-state index in [1.54, 1.807) is 0 Å². The molecule has 1 rings (SSSR count). The summed E-state index contributed by atoms with van der Waals surface area (Å²) in [6.45, 7) is 2.90. The van der Waals surface area contributed by atoms with Crippen molar-refractivity contribution in [2.75, 3.05) is 33.9 Å². The Hall–Kier alpha value is -0.120. The third kappa shape index (κ3) is 2.44. The topological polar surface area (TPSA) is 33.3 Å². The molecule has 1 aliphatic rings. The molecule has 0 aliphatic carbocycles. The second-order valence-corrected chi connectivity index (χ2v) is 3.50. The molecule has 1 heterocycles. The predicted molar refractivity (Wildman–Crippen MR) is 50.4 cm³/mol. The van der Waals surface area contributed by atoms with Crippen LogP contribution in [0.3, 0.4) is 0 Å². The second-order valence-electron chi connectivity index (χ2n) is 3.50. The lowest BCUT2D eigenvalue weighted by molar-refractivity contribution is 0.0381. The summed E-state index contributed by atoms with van der Waals surface area (Å²) >= 11 is 0. The molecule has 12 heavy (non-hydrogen) atoms. The standard InChI is InChI=1S/C9H20N2O/c1-10-6-3-9(11-2)4-7-12-8-5-9/h10-11H,3-8H2,1-2H3. The van der Waals surface area contributed by atoms with Gasteiger partial charge in [0.05, 0.1) is 0 Å². The minimum Gasteiger partial charge on any atom is -0.381 e. The van der Waals surface area contributed by atoms with E-state index in [4.69, 9.17) is 4.74 Å². The predicted octanol–water partition coefficient (Wildman–Crippen LogP) is 0.364. The SMILES string of the molecule is CNCCC1(NC)CCOCC1.